The molecule has 0 fully saturated rings. The Labute approximate surface area is 95.8 Å². The maximum Gasteiger partial charge on any atom is 0.194 e. The first-order valence-electron chi connectivity index (χ1n) is 4.19. The Hall–Kier alpha value is -1.04. The fraction of sp³-hybridized carbons (Fsp3) is 0.100. The SMILES string of the molecule is Cc1nc(I)nc(-c2ccccc2)n1. The van der Waals surface area contributed by atoms with Crippen molar-refractivity contribution in [3.8, 4) is 11.4 Å². The first-order chi connectivity index (χ1) is 6.75. The van der Waals surface area contributed by atoms with E-state index in [-0.39, 0.29) is 0 Å². The van der Waals surface area contributed by atoms with Crippen LogP contribution in [0.4, 0.5) is 0 Å². The lowest BCUT2D eigenvalue weighted by molar-refractivity contribution is 0.950. The predicted octanol–water partition coefficient (Wildman–Crippen LogP) is 2.45. The van der Waals surface area contributed by atoms with E-state index >= 15 is 0 Å². The Balaban J connectivity index is 2.52. The number of halogens is 1. The van der Waals surface area contributed by atoms with Crippen LogP contribution in [0.2, 0.25) is 0 Å². The average Bonchev–Trinajstić information content (AvgIpc) is 2.18. The van der Waals surface area contributed by atoms with Gasteiger partial charge in [0.15, 0.2) is 9.66 Å². The number of rotatable bonds is 1. The summed E-state index contributed by atoms with van der Waals surface area (Å²) in [6.07, 6.45) is 0. The van der Waals surface area contributed by atoms with E-state index in [1.54, 1.807) is 0 Å². The lowest BCUT2D eigenvalue weighted by atomic mass is 10.2. The zero-order valence-electron chi connectivity index (χ0n) is 7.61. The third kappa shape index (κ3) is 2.06. The lowest BCUT2D eigenvalue weighted by Crippen LogP contribution is -1.98. The predicted molar refractivity (Wildman–Crippen MR) is 62.7 cm³/mol. The van der Waals surface area contributed by atoms with E-state index in [4.69, 9.17) is 0 Å². The second-order valence-electron chi connectivity index (χ2n) is 2.84. The van der Waals surface area contributed by atoms with E-state index in [0.717, 1.165) is 21.0 Å². The highest BCUT2D eigenvalue weighted by molar-refractivity contribution is 14.1. The Kier molecular flexibility index (Phi) is 2.72. The Morgan fingerprint density at radius 1 is 1.00 bits per heavy atom. The summed E-state index contributed by atoms with van der Waals surface area (Å²) in [5.41, 5.74) is 1.02. The number of nitrogens with zero attached hydrogens (tertiary/aromatic N) is 3. The van der Waals surface area contributed by atoms with E-state index in [2.05, 4.69) is 37.5 Å². The molecule has 0 bridgehead atoms. The summed E-state index contributed by atoms with van der Waals surface area (Å²) in [6, 6.07) is 9.90. The Morgan fingerprint density at radius 2 is 1.71 bits per heavy atom. The molecule has 0 saturated heterocycles. The van der Waals surface area contributed by atoms with Crippen molar-refractivity contribution in [3.05, 3.63) is 40.0 Å². The molecule has 0 unspecified atom stereocenters. The highest BCUT2D eigenvalue weighted by Gasteiger charge is 2.02. The van der Waals surface area contributed by atoms with Gasteiger partial charge in [-0.1, -0.05) is 30.3 Å². The minimum absolute atomic E-state index is 0.731. The molecule has 1 aromatic carbocycles. The molecule has 2 rings (SSSR count). The highest BCUT2D eigenvalue weighted by Crippen LogP contribution is 2.14. The molecule has 2 aromatic rings. The van der Waals surface area contributed by atoms with Crippen molar-refractivity contribution < 1.29 is 0 Å². The summed E-state index contributed by atoms with van der Waals surface area (Å²) in [4.78, 5) is 12.7. The van der Waals surface area contributed by atoms with Gasteiger partial charge in [-0.25, -0.2) is 15.0 Å². The van der Waals surface area contributed by atoms with Crippen molar-refractivity contribution in [1.82, 2.24) is 15.0 Å². The van der Waals surface area contributed by atoms with Gasteiger partial charge in [-0.3, -0.25) is 0 Å². The van der Waals surface area contributed by atoms with Crippen LogP contribution in [0, 0.1) is 10.8 Å². The molecule has 14 heavy (non-hydrogen) atoms. The molecule has 0 radical (unpaired) electrons. The molecule has 0 aliphatic heterocycles. The van der Waals surface area contributed by atoms with Gasteiger partial charge in [0, 0.05) is 28.2 Å². The molecule has 0 spiro atoms. The van der Waals surface area contributed by atoms with Gasteiger partial charge in [-0.15, -0.1) is 0 Å². The molecule has 1 heterocycles. The van der Waals surface area contributed by atoms with Gasteiger partial charge in [0.05, 0.1) is 0 Å². The topological polar surface area (TPSA) is 38.7 Å². The molecule has 4 heteroatoms. The smallest absolute Gasteiger partial charge is 0.194 e. The third-order valence-corrected chi connectivity index (χ3v) is 2.23. The number of hydrogen-bond acceptors (Lipinski definition) is 3. The molecular formula is C10H8IN3. The fourth-order valence-electron chi connectivity index (χ4n) is 1.17. The van der Waals surface area contributed by atoms with Crippen LogP contribution >= 0.6 is 22.6 Å². The van der Waals surface area contributed by atoms with Crippen molar-refractivity contribution in [2.24, 2.45) is 0 Å². The molecule has 0 amide bonds. The molecule has 0 atom stereocenters. The molecular weight excluding hydrogens is 289 g/mol. The zero-order chi connectivity index (χ0) is 9.97. The normalized spacial score (nSPS) is 10.1. The van der Waals surface area contributed by atoms with Gasteiger partial charge in [-0.2, -0.15) is 0 Å². The number of benzene rings is 1. The monoisotopic (exact) mass is 297 g/mol. The molecule has 0 N–H and O–H groups in total. The summed E-state index contributed by atoms with van der Waals surface area (Å²) < 4.78 is 0.731. The molecule has 1 aromatic heterocycles. The summed E-state index contributed by atoms with van der Waals surface area (Å²) in [6.45, 7) is 1.87. The lowest BCUT2D eigenvalue weighted by Gasteiger charge is -2.00. The van der Waals surface area contributed by atoms with Crippen LogP contribution < -0.4 is 0 Å². The van der Waals surface area contributed by atoms with Gasteiger partial charge in [0.1, 0.15) is 5.82 Å². The largest absolute Gasteiger partial charge is 0.213 e. The molecule has 3 nitrogen and oxygen atoms in total. The fourth-order valence-corrected chi connectivity index (χ4v) is 1.74. The van der Waals surface area contributed by atoms with Gasteiger partial charge < -0.3 is 0 Å². The first kappa shape index (κ1) is 9.51. The van der Waals surface area contributed by atoms with E-state index in [9.17, 15) is 0 Å². The number of aryl methyl sites for hydroxylation is 1. The second-order valence-corrected chi connectivity index (χ2v) is 3.81. The van der Waals surface area contributed by atoms with E-state index in [1.807, 2.05) is 37.3 Å². The summed E-state index contributed by atoms with van der Waals surface area (Å²) in [7, 11) is 0. The van der Waals surface area contributed by atoms with Gasteiger partial charge in [0.25, 0.3) is 0 Å². The summed E-state index contributed by atoms with van der Waals surface area (Å²) in [5.74, 6) is 1.49. The van der Waals surface area contributed by atoms with Crippen LogP contribution in [-0.4, -0.2) is 15.0 Å². The number of aromatic nitrogens is 3. The van der Waals surface area contributed by atoms with E-state index in [1.165, 1.54) is 0 Å². The number of hydrogen-bond donors (Lipinski definition) is 0. The van der Waals surface area contributed by atoms with Crippen LogP contribution in [0.1, 0.15) is 5.82 Å². The summed E-state index contributed by atoms with van der Waals surface area (Å²) >= 11 is 2.10. The molecule has 70 valence electrons. The van der Waals surface area contributed by atoms with E-state index in [0.29, 0.717) is 0 Å². The van der Waals surface area contributed by atoms with Crippen LogP contribution in [0.25, 0.3) is 11.4 Å². The zero-order valence-corrected chi connectivity index (χ0v) is 9.76. The van der Waals surface area contributed by atoms with Gasteiger partial charge >= 0.3 is 0 Å². The van der Waals surface area contributed by atoms with Crippen molar-refractivity contribution in [2.45, 2.75) is 6.92 Å². The molecule has 0 aliphatic carbocycles. The average molecular weight is 297 g/mol. The van der Waals surface area contributed by atoms with Crippen LogP contribution in [0.5, 0.6) is 0 Å². The first-order valence-corrected chi connectivity index (χ1v) is 5.27. The Morgan fingerprint density at radius 3 is 2.36 bits per heavy atom. The van der Waals surface area contributed by atoms with Gasteiger partial charge in [0.2, 0.25) is 0 Å². The maximum absolute atomic E-state index is 4.28. The van der Waals surface area contributed by atoms with Crippen LogP contribution in [-0.2, 0) is 0 Å². The Bertz CT molecular complexity index is 422. The standard InChI is InChI=1S/C10H8IN3/c1-7-12-9(14-10(11)13-7)8-5-3-2-4-6-8/h2-6H,1H3. The van der Waals surface area contributed by atoms with Crippen molar-refractivity contribution in [3.63, 3.8) is 0 Å². The van der Waals surface area contributed by atoms with Crippen LogP contribution in [0.3, 0.4) is 0 Å². The minimum atomic E-state index is 0.731. The molecule has 0 aliphatic rings. The summed E-state index contributed by atoms with van der Waals surface area (Å²) in [5, 5.41) is 0. The quantitative estimate of drug-likeness (QED) is 0.759. The maximum atomic E-state index is 4.28. The third-order valence-electron chi connectivity index (χ3n) is 1.75. The minimum Gasteiger partial charge on any atom is -0.213 e. The second kappa shape index (κ2) is 4.00. The van der Waals surface area contributed by atoms with Crippen molar-refractivity contribution in [1.29, 1.82) is 0 Å². The van der Waals surface area contributed by atoms with Crippen molar-refractivity contribution >= 4 is 22.6 Å². The van der Waals surface area contributed by atoms with Gasteiger partial charge in [-0.05, 0) is 6.92 Å². The van der Waals surface area contributed by atoms with Crippen molar-refractivity contribution in [2.75, 3.05) is 0 Å². The van der Waals surface area contributed by atoms with E-state index < -0.39 is 0 Å². The van der Waals surface area contributed by atoms with Crippen LogP contribution in [0.15, 0.2) is 30.3 Å². The highest BCUT2D eigenvalue weighted by atomic mass is 127. The molecule has 0 saturated carbocycles.